The van der Waals surface area contributed by atoms with Gasteiger partial charge in [0.25, 0.3) is 0 Å². The molecule has 2 rings (SSSR count). The van der Waals surface area contributed by atoms with Crippen LogP contribution in [0.15, 0.2) is 90.4 Å². The predicted molar refractivity (Wildman–Crippen MR) is 81.8 cm³/mol. The normalized spacial score (nSPS) is 9.11. The van der Waals surface area contributed by atoms with Crippen molar-refractivity contribution in [3.63, 3.8) is 0 Å². The first-order valence-electron chi connectivity index (χ1n) is 6.27. The molecule has 0 fully saturated rings. The third kappa shape index (κ3) is 3.47. The highest BCUT2D eigenvalue weighted by atomic mass is 14.0. The fourth-order valence-corrected chi connectivity index (χ4v) is 1.73. The lowest BCUT2D eigenvalue weighted by atomic mass is 9.99. The number of hydrogen-bond acceptors (Lipinski definition) is 0. The highest BCUT2D eigenvalue weighted by Crippen LogP contribution is 2.21. The fraction of sp³-hybridized carbons (Fsp3) is 0.0526. The van der Waals surface area contributed by atoms with E-state index in [1.54, 1.807) is 6.08 Å². The molecule has 0 spiro atoms. The molecule has 0 unspecified atom stereocenters. The van der Waals surface area contributed by atoms with Crippen LogP contribution in [-0.2, 0) is 0 Å². The van der Waals surface area contributed by atoms with E-state index in [2.05, 4.69) is 42.3 Å². The van der Waals surface area contributed by atoms with E-state index >= 15 is 0 Å². The number of allylic oxidation sites excluding steroid dienone is 2. The molecule has 0 radical (unpaired) electrons. The summed E-state index contributed by atoms with van der Waals surface area (Å²) in [6.07, 6.45) is 1.78. The van der Waals surface area contributed by atoms with Crippen molar-refractivity contribution in [3.05, 3.63) is 101 Å². The van der Waals surface area contributed by atoms with E-state index in [0.29, 0.717) is 0 Å². The first kappa shape index (κ1) is 12.9. The summed E-state index contributed by atoms with van der Waals surface area (Å²) in [6, 6.07) is 20.5. The minimum atomic E-state index is 0.976. The van der Waals surface area contributed by atoms with Crippen LogP contribution >= 0.6 is 0 Å². The van der Waals surface area contributed by atoms with Gasteiger partial charge in [-0.05, 0) is 23.6 Å². The van der Waals surface area contributed by atoms with Crippen LogP contribution in [0.4, 0.5) is 0 Å². The first-order valence-corrected chi connectivity index (χ1v) is 6.27. The van der Waals surface area contributed by atoms with Crippen LogP contribution in [-0.4, -0.2) is 0 Å². The van der Waals surface area contributed by atoms with Gasteiger partial charge in [0.1, 0.15) is 0 Å². The van der Waals surface area contributed by atoms with E-state index in [-0.39, 0.29) is 0 Å². The molecular formula is C19H16. The Labute approximate surface area is 114 Å². The highest BCUT2D eigenvalue weighted by molar-refractivity contribution is 5.79. The molecule has 0 bridgehead atoms. The molecule has 0 amide bonds. The van der Waals surface area contributed by atoms with Gasteiger partial charge in [-0.1, -0.05) is 84.8 Å². The zero-order valence-electron chi connectivity index (χ0n) is 11.1. The van der Waals surface area contributed by atoms with Crippen molar-refractivity contribution in [2.75, 3.05) is 0 Å². The van der Waals surface area contributed by atoms with Crippen LogP contribution < -0.4 is 0 Å². The number of benzene rings is 2. The Kier molecular flexibility index (Phi) is 4.37. The van der Waals surface area contributed by atoms with Gasteiger partial charge in [0, 0.05) is 5.57 Å². The molecule has 2 aromatic carbocycles. The second-order valence-electron chi connectivity index (χ2n) is 4.24. The van der Waals surface area contributed by atoms with Gasteiger partial charge in [-0.2, -0.15) is 0 Å². The summed E-state index contributed by atoms with van der Waals surface area (Å²) < 4.78 is 0. The van der Waals surface area contributed by atoms with Crippen molar-refractivity contribution in [3.8, 4) is 0 Å². The van der Waals surface area contributed by atoms with E-state index in [1.165, 1.54) is 0 Å². The van der Waals surface area contributed by atoms with Crippen LogP contribution in [0.25, 0.3) is 5.57 Å². The molecular weight excluding hydrogens is 228 g/mol. The van der Waals surface area contributed by atoms with Gasteiger partial charge in [-0.15, -0.1) is 0 Å². The molecule has 0 N–H and O–H groups in total. The Hall–Kier alpha value is -2.52. The molecule has 0 nitrogen and oxygen atoms in total. The summed E-state index contributed by atoms with van der Waals surface area (Å²) in [6.45, 7) is 5.70. The molecule has 0 aromatic heterocycles. The van der Waals surface area contributed by atoms with Crippen molar-refractivity contribution in [2.45, 2.75) is 6.92 Å². The predicted octanol–water partition coefficient (Wildman–Crippen LogP) is 5.00. The lowest BCUT2D eigenvalue weighted by Crippen LogP contribution is -1.85. The highest BCUT2D eigenvalue weighted by Gasteiger charge is 2.02. The van der Waals surface area contributed by atoms with Crippen molar-refractivity contribution in [1.82, 2.24) is 0 Å². The molecule has 0 saturated carbocycles. The quantitative estimate of drug-likeness (QED) is 0.526. The summed E-state index contributed by atoms with van der Waals surface area (Å²) in [4.78, 5) is 0. The fourth-order valence-electron chi connectivity index (χ4n) is 1.73. The van der Waals surface area contributed by atoms with Gasteiger partial charge < -0.3 is 0 Å². The Bertz CT molecular complexity index is 606. The number of rotatable bonds is 3. The van der Waals surface area contributed by atoms with E-state index in [1.807, 2.05) is 43.3 Å². The summed E-state index contributed by atoms with van der Waals surface area (Å²) in [5.41, 5.74) is 10.7. The monoisotopic (exact) mass is 244 g/mol. The average Bonchev–Trinajstić information content (AvgIpc) is 2.49. The van der Waals surface area contributed by atoms with Crippen LogP contribution in [0.3, 0.4) is 0 Å². The second-order valence-corrected chi connectivity index (χ2v) is 4.24. The molecule has 0 aliphatic carbocycles. The molecule has 0 aliphatic rings. The first-order chi connectivity index (χ1) is 9.31. The van der Waals surface area contributed by atoms with E-state index in [0.717, 1.165) is 22.3 Å². The zero-order valence-corrected chi connectivity index (χ0v) is 11.1. The van der Waals surface area contributed by atoms with E-state index in [4.69, 9.17) is 0 Å². The Morgan fingerprint density at radius 2 is 1.32 bits per heavy atom. The maximum atomic E-state index is 3.74. The summed E-state index contributed by atoms with van der Waals surface area (Å²) in [5.74, 6) is 0. The molecule has 0 heterocycles. The second kappa shape index (κ2) is 6.42. The van der Waals surface area contributed by atoms with Crippen molar-refractivity contribution in [2.24, 2.45) is 0 Å². The Morgan fingerprint density at radius 1 is 0.842 bits per heavy atom. The van der Waals surface area contributed by atoms with Gasteiger partial charge in [0.15, 0.2) is 0 Å². The van der Waals surface area contributed by atoms with E-state index < -0.39 is 0 Å². The van der Waals surface area contributed by atoms with Crippen molar-refractivity contribution in [1.29, 1.82) is 0 Å². The topological polar surface area (TPSA) is 0 Å². The molecule has 2 aromatic rings. The minimum Gasteiger partial charge on any atom is -0.0982 e. The minimum absolute atomic E-state index is 0.976. The largest absolute Gasteiger partial charge is 0.0982 e. The SMILES string of the molecule is C=CC(C)=C=C=C(c1ccccc1)c1ccccc1. The van der Waals surface area contributed by atoms with Crippen molar-refractivity contribution < 1.29 is 0 Å². The Balaban J connectivity index is 2.66. The molecule has 0 atom stereocenters. The Morgan fingerprint density at radius 3 is 1.74 bits per heavy atom. The lowest BCUT2D eigenvalue weighted by molar-refractivity contribution is 1.54. The van der Waals surface area contributed by atoms with Gasteiger partial charge >= 0.3 is 0 Å². The molecule has 0 saturated heterocycles. The average molecular weight is 244 g/mol. The van der Waals surface area contributed by atoms with Gasteiger partial charge in [0.05, 0.1) is 0 Å². The van der Waals surface area contributed by atoms with Crippen LogP contribution in [0.5, 0.6) is 0 Å². The number of hydrogen-bond donors (Lipinski definition) is 0. The van der Waals surface area contributed by atoms with Crippen molar-refractivity contribution >= 4 is 5.57 Å². The maximum Gasteiger partial charge on any atom is 0.0393 e. The van der Waals surface area contributed by atoms with Gasteiger partial charge in [-0.25, -0.2) is 0 Å². The van der Waals surface area contributed by atoms with Crippen LogP contribution in [0, 0.1) is 0 Å². The molecule has 92 valence electrons. The van der Waals surface area contributed by atoms with Gasteiger partial charge in [-0.3, -0.25) is 0 Å². The van der Waals surface area contributed by atoms with Crippen LogP contribution in [0.1, 0.15) is 18.1 Å². The molecule has 0 aliphatic heterocycles. The summed E-state index contributed by atoms with van der Waals surface area (Å²) in [5, 5.41) is 0. The lowest BCUT2D eigenvalue weighted by Gasteiger charge is -2.04. The summed E-state index contributed by atoms with van der Waals surface area (Å²) in [7, 11) is 0. The molecule has 0 heteroatoms. The summed E-state index contributed by atoms with van der Waals surface area (Å²) >= 11 is 0. The van der Waals surface area contributed by atoms with Crippen LogP contribution in [0.2, 0.25) is 0 Å². The smallest absolute Gasteiger partial charge is 0.0393 e. The third-order valence-electron chi connectivity index (χ3n) is 2.82. The molecule has 19 heavy (non-hydrogen) atoms. The third-order valence-corrected chi connectivity index (χ3v) is 2.82. The zero-order chi connectivity index (χ0) is 13.5. The van der Waals surface area contributed by atoms with Gasteiger partial charge in [0.2, 0.25) is 0 Å². The maximum absolute atomic E-state index is 3.74. The standard InChI is InChI=1S/C19H16/c1-3-16(2)14-15-19(17-10-6-4-7-11-17)18-12-8-5-9-13-18/h3-13H,1H2,2H3. The van der Waals surface area contributed by atoms with E-state index in [9.17, 15) is 0 Å².